The maximum Gasteiger partial charge on any atom is 0.308 e. The van der Waals surface area contributed by atoms with Crippen LogP contribution >= 0.6 is 0 Å². The van der Waals surface area contributed by atoms with Crippen LogP contribution in [-0.4, -0.2) is 11.9 Å². The molecular weight excluding hydrogens is 266 g/mol. The zero-order valence-corrected chi connectivity index (χ0v) is 12.1. The number of benzene rings is 2. The maximum absolute atomic E-state index is 12.2. The molecule has 0 aliphatic carbocycles. The lowest BCUT2D eigenvalue weighted by Crippen LogP contribution is -2.13. The number of hydrogen-bond donors (Lipinski definition) is 1. The van der Waals surface area contributed by atoms with Crippen LogP contribution in [0.4, 0.5) is 5.69 Å². The highest BCUT2D eigenvalue weighted by atomic mass is 16.5. The molecule has 0 fully saturated rings. The number of carbonyl (C=O) groups is 2. The zero-order chi connectivity index (χ0) is 15.2. The summed E-state index contributed by atoms with van der Waals surface area (Å²) in [6.45, 7) is 3.38. The molecule has 0 atom stereocenters. The minimum atomic E-state index is -0.385. The van der Waals surface area contributed by atoms with Gasteiger partial charge in [0.25, 0.3) is 5.91 Å². The molecule has 2 rings (SSSR count). The Labute approximate surface area is 123 Å². The Balaban J connectivity index is 2.11. The number of hydrogen-bond acceptors (Lipinski definition) is 3. The first kappa shape index (κ1) is 14.8. The second-order valence-corrected chi connectivity index (χ2v) is 4.58. The van der Waals surface area contributed by atoms with Crippen molar-refractivity contribution in [2.45, 2.75) is 20.3 Å². The predicted octanol–water partition coefficient (Wildman–Crippen LogP) is 3.43. The third kappa shape index (κ3) is 3.92. The van der Waals surface area contributed by atoms with E-state index >= 15 is 0 Å². The van der Waals surface area contributed by atoms with Gasteiger partial charge < -0.3 is 10.1 Å². The molecule has 108 valence electrons. The van der Waals surface area contributed by atoms with E-state index in [0.717, 1.165) is 17.7 Å². The molecule has 0 aliphatic heterocycles. The van der Waals surface area contributed by atoms with Crippen LogP contribution in [-0.2, 0) is 11.2 Å². The third-order valence-electron chi connectivity index (χ3n) is 3.02. The topological polar surface area (TPSA) is 55.4 Å². The minimum absolute atomic E-state index is 0.190. The number of amides is 1. The number of nitrogens with one attached hydrogen (secondary N) is 1. The first-order valence-corrected chi connectivity index (χ1v) is 6.78. The van der Waals surface area contributed by atoms with Crippen LogP contribution in [0.15, 0.2) is 48.5 Å². The Kier molecular flexibility index (Phi) is 4.72. The van der Waals surface area contributed by atoms with E-state index in [1.807, 2.05) is 31.2 Å². The summed E-state index contributed by atoms with van der Waals surface area (Å²) in [7, 11) is 0. The lowest BCUT2D eigenvalue weighted by atomic mass is 10.1. The summed E-state index contributed by atoms with van der Waals surface area (Å²) < 4.78 is 4.93. The molecule has 1 N–H and O–H groups in total. The highest BCUT2D eigenvalue weighted by Gasteiger charge is 2.08. The van der Waals surface area contributed by atoms with Gasteiger partial charge in [-0.3, -0.25) is 9.59 Å². The van der Waals surface area contributed by atoms with Gasteiger partial charge in [0.05, 0.1) is 0 Å². The average Bonchev–Trinajstić information content (AvgIpc) is 2.48. The molecule has 0 bridgehead atoms. The first-order chi connectivity index (χ1) is 10.1. The summed E-state index contributed by atoms with van der Waals surface area (Å²) in [4.78, 5) is 23.0. The van der Waals surface area contributed by atoms with Gasteiger partial charge in [-0.1, -0.05) is 25.1 Å². The van der Waals surface area contributed by atoms with E-state index in [1.54, 1.807) is 24.3 Å². The largest absolute Gasteiger partial charge is 0.427 e. The first-order valence-electron chi connectivity index (χ1n) is 6.78. The number of esters is 1. The molecule has 0 unspecified atom stereocenters. The van der Waals surface area contributed by atoms with Gasteiger partial charge in [0.15, 0.2) is 0 Å². The normalized spacial score (nSPS) is 10.0. The van der Waals surface area contributed by atoms with Crippen LogP contribution in [0.5, 0.6) is 5.75 Å². The summed E-state index contributed by atoms with van der Waals surface area (Å²) in [6.07, 6.45) is 0.849. The number of para-hydroxylation sites is 1. The van der Waals surface area contributed by atoms with Crippen molar-refractivity contribution in [3.63, 3.8) is 0 Å². The Hall–Kier alpha value is -2.62. The quantitative estimate of drug-likeness (QED) is 0.691. The van der Waals surface area contributed by atoms with Crippen LogP contribution in [0.2, 0.25) is 0 Å². The van der Waals surface area contributed by atoms with Gasteiger partial charge in [-0.15, -0.1) is 0 Å². The highest BCUT2D eigenvalue weighted by Crippen LogP contribution is 2.18. The fourth-order valence-corrected chi connectivity index (χ4v) is 1.99. The average molecular weight is 283 g/mol. The van der Waals surface area contributed by atoms with E-state index in [4.69, 9.17) is 4.74 Å². The van der Waals surface area contributed by atoms with Gasteiger partial charge in [-0.2, -0.15) is 0 Å². The molecular formula is C17H17NO3. The van der Waals surface area contributed by atoms with Crippen molar-refractivity contribution in [3.05, 3.63) is 59.7 Å². The van der Waals surface area contributed by atoms with E-state index in [-0.39, 0.29) is 11.9 Å². The maximum atomic E-state index is 12.2. The molecule has 1 amide bonds. The van der Waals surface area contributed by atoms with Crippen molar-refractivity contribution >= 4 is 17.6 Å². The molecule has 4 nitrogen and oxygen atoms in total. The fraction of sp³-hybridized carbons (Fsp3) is 0.176. The van der Waals surface area contributed by atoms with Crippen LogP contribution in [0.1, 0.15) is 29.8 Å². The van der Waals surface area contributed by atoms with Crippen molar-refractivity contribution < 1.29 is 14.3 Å². The van der Waals surface area contributed by atoms with E-state index in [1.165, 1.54) is 6.92 Å². The predicted molar refractivity (Wildman–Crippen MR) is 81.5 cm³/mol. The van der Waals surface area contributed by atoms with Gasteiger partial charge in [-0.25, -0.2) is 0 Å². The Bertz CT molecular complexity index is 647. The van der Waals surface area contributed by atoms with Crippen molar-refractivity contribution in [3.8, 4) is 5.75 Å². The van der Waals surface area contributed by atoms with E-state index in [9.17, 15) is 9.59 Å². The SMILES string of the molecule is CCc1ccccc1NC(=O)c1ccc(OC(C)=O)cc1. The van der Waals surface area contributed by atoms with Crippen molar-refractivity contribution in [1.82, 2.24) is 0 Å². The van der Waals surface area contributed by atoms with Crippen LogP contribution in [0, 0.1) is 0 Å². The summed E-state index contributed by atoms with van der Waals surface area (Å²) in [5, 5.41) is 2.89. The van der Waals surface area contributed by atoms with Crippen LogP contribution in [0.3, 0.4) is 0 Å². The molecule has 0 radical (unpaired) electrons. The van der Waals surface area contributed by atoms with Crippen LogP contribution < -0.4 is 10.1 Å². The molecule has 0 aromatic heterocycles. The molecule has 0 heterocycles. The van der Waals surface area contributed by atoms with Crippen molar-refractivity contribution in [2.24, 2.45) is 0 Å². The van der Waals surface area contributed by atoms with Crippen LogP contribution in [0.25, 0.3) is 0 Å². The molecule has 0 saturated heterocycles. The smallest absolute Gasteiger partial charge is 0.308 e. The molecule has 0 aliphatic rings. The number of aryl methyl sites for hydroxylation is 1. The van der Waals surface area contributed by atoms with E-state index in [2.05, 4.69) is 5.32 Å². The van der Waals surface area contributed by atoms with Gasteiger partial charge in [0.1, 0.15) is 5.75 Å². The van der Waals surface area contributed by atoms with Gasteiger partial charge in [0, 0.05) is 18.2 Å². The Morgan fingerprint density at radius 3 is 2.33 bits per heavy atom. The monoisotopic (exact) mass is 283 g/mol. The molecule has 0 saturated carbocycles. The number of carbonyl (C=O) groups excluding carboxylic acids is 2. The molecule has 2 aromatic carbocycles. The standard InChI is InChI=1S/C17H17NO3/c1-3-13-6-4-5-7-16(13)18-17(20)14-8-10-15(11-9-14)21-12(2)19/h4-11H,3H2,1-2H3,(H,18,20). The lowest BCUT2D eigenvalue weighted by molar-refractivity contribution is -0.131. The molecule has 2 aromatic rings. The van der Waals surface area contributed by atoms with Gasteiger partial charge in [0.2, 0.25) is 0 Å². The summed E-state index contributed by atoms with van der Waals surface area (Å²) >= 11 is 0. The zero-order valence-electron chi connectivity index (χ0n) is 12.1. The number of ether oxygens (including phenoxy) is 1. The number of rotatable bonds is 4. The molecule has 21 heavy (non-hydrogen) atoms. The highest BCUT2D eigenvalue weighted by molar-refractivity contribution is 6.04. The minimum Gasteiger partial charge on any atom is -0.427 e. The second kappa shape index (κ2) is 6.70. The molecule has 4 heteroatoms. The summed E-state index contributed by atoms with van der Waals surface area (Å²) in [5.74, 6) is -0.151. The lowest BCUT2D eigenvalue weighted by Gasteiger charge is -2.10. The Morgan fingerprint density at radius 2 is 1.71 bits per heavy atom. The summed E-state index contributed by atoms with van der Waals surface area (Å²) in [6, 6.07) is 14.2. The second-order valence-electron chi connectivity index (χ2n) is 4.58. The van der Waals surface area contributed by atoms with Crippen molar-refractivity contribution in [1.29, 1.82) is 0 Å². The van der Waals surface area contributed by atoms with Crippen molar-refractivity contribution in [2.75, 3.05) is 5.32 Å². The molecule has 0 spiro atoms. The van der Waals surface area contributed by atoms with Gasteiger partial charge in [-0.05, 0) is 42.3 Å². The fourth-order valence-electron chi connectivity index (χ4n) is 1.99. The Morgan fingerprint density at radius 1 is 1.05 bits per heavy atom. The van der Waals surface area contributed by atoms with E-state index < -0.39 is 0 Å². The third-order valence-corrected chi connectivity index (χ3v) is 3.02. The number of anilines is 1. The van der Waals surface area contributed by atoms with Gasteiger partial charge >= 0.3 is 5.97 Å². The summed E-state index contributed by atoms with van der Waals surface area (Å²) in [5.41, 5.74) is 2.41. The van der Waals surface area contributed by atoms with E-state index in [0.29, 0.717) is 11.3 Å².